The fourth-order valence-corrected chi connectivity index (χ4v) is 10.9. The van der Waals surface area contributed by atoms with E-state index in [1.807, 2.05) is 78.9 Å². The molecule has 3 heterocycles. The van der Waals surface area contributed by atoms with Crippen LogP contribution >= 0.6 is 11.3 Å². The van der Waals surface area contributed by atoms with E-state index in [0.717, 1.165) is 33.4 Å². The zero-order valence-corrected chi connectivity index (χ0v) is 34.5. The first-order valence-corrected chi connectivity index (χ1v) is 22.0. The van der Waals surface area contributed by atoms with Crippen LogP contribution in [0.5, 0.6) is 0 Å². The number of hydrogen-bond acceptors (Lipinski definition) is 7. The minimum atomic E-state index is 0.0316. The molecule has 14 rings (SSSR count). The molecule has 8 aromatic carbocycles. The van der Waals surface area contributed by atoms with E-state index in [2.05, 4.69) is 115 Å². The van der Waals surface area contributed by atoms with Crippen LogP contribution in [0.3, 0.4) is 0 Å². The Bertz CT molecular complexity index is 3530. The molecule has 0 spiro atoms. The maximum Gasteiger partial charge on any atom is 0.164 e. The number of fused-ring (bicyclic) bond motifs is 3. The average Bonchev–Trinajstić information content (AvgIpc) is 3.75. The van der Waals surface area contributed by atoms with Crippen LogP contribution in [0.25, 0.3) is 88.5 Å². The van der Waals surface area contributed by atoms with Gasteiger partial charge in [-0.3, -0.25) is 0 Å². The first-order valence-electron chi connectivity index (χ1n) is 21.2. The summed E-state index contributed by atoms with van der Waals surface area (Å²) in [5.41, 5.74) is 13.6. The van der Waals surface area contributed by atoms with Gasteiger partial charge in [0.25, 0.3) is 0 Å². The highest BCUT2D eigenvalue weighted by molar-refractivity contribution is 7.25. The summed E-state index contributed by atoms with van der Waals surface area (Å²) >= 11 is 1.80. The normalized spacial score (nSPS) is 14.7. The second-order valence-electron chi connectivity index (χ2n) is 16.2. The lowest BCUT2D eigenvalue weighted by Gasteiger charge is -2.42. The molecule has 0 N–H and O–H groups in total. The summed E-state index contributed by atoms with van der Waals surface area (Å²) in [6.07, 6.45) is 0. The van der Waals surface area contributed by atoms with Crippen molar-refractivity contribution in [3.05, 3.63) is 228 Å². The third kappa shape index (κ3) is 5.85. The molecule has 3 aromatic heterocycles. The molecular weight excluding hydrogens is 789 g/mol. The van der Waals surface area contributed by atoms with Crippen molar-refractivity contribution in [1.29, 1.82) is 0 Å². The monoisotopic (exact) mass is 822 g/mol. The van der Waals surface area contributed by atoms with Crippen molar-refractivity contribution in [2.24, 2.45) is 0 Å². The van der Waals surface area contributed by atoms with Crippen LogP contribution in [-0.4, -0.2) is 29.9 Å². The molecule has 3 aliphatic rings. The van der Waals surface area contributed by atoms with Crippen LogP contribution in [0.1, 0.15) is 45.2 Å². The lowest BCUT2D eigenvalue weighted by Crippen LogP contribution is -2.27. The smallest absolute Gasteiger partial charge is 0.164 e. The Balaban J connectivity index is 0.957. The van der Waals surface area contributed by atoms with Gasteiger partial charge < -0.3 is 0 Å². The predicted octanol–water partition coefficient (Wildman–Crippen LogP) is 13.4. The van der Waals surface area contributed by atoms with Crippen molar-refractivity contribution in [3.63, 3.8) is 0 Å². The minimum Gasteiger partial charge on any atom is -0.208 e. The SMILES string of the molecule is c1ccc(-c2nc(-c3ccccc3)nc(-c3ccc4c(c3)C3c5ccccc5C4c4cc(-c5nc(-c6ccccc6)nc(-c6cccc7sc8ccccc8c67)n5)ccc43)n2)cc1. The Kier molecular flexibility index (Phi) is 8.11. The van der Waals surface area contributed by atoms with Crippen molar-refractivity contribution < 1.29 is 0 Å². The van der Waals surface area contributed by atoms with Crippen molar-refractivity contribution in [1.82, 2.24) is 29.9 Å². The standard InChI is InChI=1S/C56H34N6S/c1-4-15-33(16-5-1)51-57-52(34-17-6-2-7-18-34)59-54(58-51)36-27-29-40-44(31-36)48-38-21-10-11-22-39(38)49(40)45-32-37(28-30-41(45)48)55-60-53(35-19-8-3-9-20-35)61-56(62-55)43-24-14-26-47-50(43)42-23-12-13-25-46(42)63-47/h1-32,48-49H. The van der Waals surface area contributed by atoms with E-state index >= 15 is 0 Å². The minimum absolute atomic E-state index is 0.0316. The Morgan fingerprint density at radius 2 is 0.683 bits per heavy atom. The van der Waals surface area contributed by atoms with Gasteiger partial charge in [-0.15, -0.1) is 11.3 Å². The molecule has 0 amide bonds. The summed E-state index contributed by atoms with van der Waals surface area (Å²) in [5.74, 6) is 4.00. The van der Waals surface area contributed by atoms with Gasteiger partial charge in [0.15, 0.2) is 34.9 Å². The van der Waals surface area contributed by atoms with Gasteiger partial charge in [-0.05, 0) is 57.6 Å². The topological polar surface area (TPSA) is 77.3 Å². The fraction of sp³-hybridized carbons (Fsp3) is 0.0357. The quantitative estimate of drug-likeness (QED) is 0.166. The van der Waals surface area contributed by atoms with Gasteiger partial charge >= 0.3 is 0 Å². The number of benzene rings is 8. The Hall–Kier alpha value is -8.00. The third-order valence-electron chi connectivity index (χ3n) is 12.6. The van der Waals surface area contributed by atoms with Gasteiger partial charge in [-0.25, -0.2) is 29.9 Å². The molecule has 0 aliphatic heterocycles. The van der Waals surface area contributed by atoms with Gasteiger partial charge in [-0.1, -0.05) is 170 Å². The summed E-state index contributed by atoms with van der Waals surface area (Å²) in [6.45, 7) is 0. The summed E-state index contributed by atoms with van der Waals surface area (Å²) in [4.78, 5) is 30.8. The number of nitrogens with zero attached hydrogens (tertiary/aromatic N) is 6. The molecule has 6 nitrogen and oxygen atoms in total. The zero-order chi connectivity index (χ0) is 41.4. The number of rotatable bonds is 6. The maximum absolute atomic E-state index is 5.30. The second-order valence-corrected chi connectivity index (χ2v) is 17.3. The lowest BCUT2D eigenvalue weighted by molar-refractivity contribution is 0.754. The van der Waals surface area contributed by atoms with Crippen LogP contribution < -0.4 is 0 Å². The fourth-order valence-electron chi connectivity index (χ4n) is 9.74. The van der Waals surface area contributed by atoms with Gasteiger partial charge in [-0.2, -0.15) is 0 Å². The molecule has 0 radical (unpaired) electrons. The molecule has 2 atom stereocenters. The highest BCUT2D eigenvalue weighted by atomic mass is 32.1. The highest BCUT2D eigenvalue weighted by Crippen LogP contribution is 2.56. The Labute approximate surface area is 367 Å². The predicted molar refractivity (Wildman–Crippen MR) is 253 cm³/mol. The molecular formula is C56H34N6S. The molecule has 0 saturated carbocycles. The van der Waals surface area contributed by atoms with Gasteiger partial charge in [0.05, 0.1) is 0 Å². The van der Waals surface area contributed by atoms with Gasteiger partial charge in [0.1, 0.15) is 0 Å². The lowest BCUT2D eigenvalue weighted by atomic mass is 9.61. The Morgan fingerprint density at radius 3 is 1.19 bits per heavy atom. The van der Waals surface area contributed by atoms with E-state index in [0.29, 0.717) is 34.9 Å². The summed E-state index contributed by atoms with van der Waals surface area (Å²) in [5, 5.41) is 2.39. The number of aromatic nitrogens is 6. The first-order chi connectivity index (χ1) is 31.2. The molecule has 63 heavy (non-hydrogen) atoms. The molecule has 2 unspecified atom stereocenters. The molecule has 0 fully saturated rings. The van der Waals surface area contributed by atoms with Crippen LogP contribution in [-0.2, 0) is 0 Å². The first kappa shape index (κ1) is 35.7. The average molecular weight is 823 g/mol. The van der Waals surface area contributed by atoms with Crippen molar-refractivity contribution in [3.8, 4) is 68.3 Å². The van der Waals surface area contributed by atoms with Crippen molar-refractivity contribution in [2.45, 2.75) is 11.8 Å². The molecule has 7 heteroatoms. The highest BCUT2D eigenvalue weighted by Gasteiger charge is 2.41. The van der Waals surface area contributed by atoms with Crippen molar-refractivity contribution in [2.75, 3.05) is 0 Å². The van der Waals surface area contributed by atoms with E-state index in [9.17, 15) is 0 Å². The molecule has 11 aromatic rings. The maximum atomic E-state index is 5.30. The van der Waals surface area contributed by atoms with Crippen LogP contribution in [0.15, 0.2) is 194 Å². The van der Waals surface area contributed by atoms with E-state index in [-0.39, 0.29) is 11.8 Å². The van der Waals surface area contributed by atoms with E-state index in [1.165, 1.54) is 53.6 Å². The molecule has 2 bridgehead atoms. The summed E-state index contributed by atoms with van der Waals surface area (Å²) in [7, 11) is 0. The van der Waals surface area contributed by atoms with Gasteiger partial charge in [0, 0.05) is 65.4 Å². The van der Waals surface area contributed by atoms with E-state index in [4.69, 9.17) is 29.9 Å². The van der Waals surface area contributed by atoms with Crippen LogP contribution in [0.4, 0.5) is 0 Å². The van der Waals surface area contributed by atoms with E-state index < -0.39 is 0 Å². The number of hydrogen-bond donors (Lipinski definition) is 0. The van der Waals surface area contributed by atoms with Crippen LogP contribution in [0, 0.1) is 0 Å². The second kappa shape index (κ2) is 14.3. The number of thiophene rings is 1. The Morgan fingerprint density at radius 1 is 0.286 bits per heavy atom. The van der Waals surface area contributed by atoms with E-state index in [1.54, 1.807) is 11.3 Å². The zero-order valence-electron chi connectivity index (χ0n) is 33.7. The molecule has 0 saturated heterocycles. The third-order valence-corrected chi connectivity index (χ3v) is 13.7. The summed E-state index contributed by atoms with van der Waals surface area (Å²) in [6, 6.07) is 68.1. The summed E-state index contributed by atoms with van der Waals surface area (Å²) < 4.78 is 2.46. The largest absolute Gasteiger partial charge is 0.208 e. The van der Waals surface area contributed by atoms with Gasteiger partial charge in [0.2, 0.25) is 0 Å². The molecule has 294 valence electrons. The molecule has 3 aliphatic carbocycles. The van der Waals surface area contributed by atoms with Crippen LogP contribution in [0.2, 0.25) is 0 Å². The van der Waals surface area contributed by atoms with Crippen molar-refractivity contribution >= 4 is 31.5 Å².